The lowest BCUT2D eigenvalue weighted by Gasteiger charge is -2.38. The zero-order valence-corrected chi connectivity index (χ0v) is 13.2. The van der Waals surface area contributed by atoms with Crippen LogP contribution in [0.1, 0.15) is 67.2 Å². The summed E-state index contributed by atoms with van der Waals surface area (Å²) in [6, 6.07) is 0. The molecule has 0 spiro atoms. The van der Waals surface area contributed by atoms with Crippen LogP contribution in [0.15, 0.2) is 0 Å². The van der Waals surface area contributed by atoms with Gasteiger partial charge in [-0.05, 0) is 36.0 Å². The molecule has 0 aromatic carbocycles. The lowest BCUT2D eigenvalue weighted by molar-refractivity contribution is -0.127. The molecule has 0 aromatic heterocycles. The van der Waals surface area contributed by atoms with Gasteiger partial charge in [0.1, 0.15) is 0 Å². The quantitative estimate of drug-likeness (QED) is 0.722. The minimum atomic E-state index is 0.348. The molecule has 0 aromatic rings. The van der Waals surface area contributed by atoms with E-state index in [1.807, 2.05) is 4.90 Å². The van der Waals surface area contributed by atoms with Crippen molar-refractivity contribution in [2.75, 3.05) is 13.1 Å². The molecule has 1 unspecified atom stereocenters. The van der Waals surface area contributed by atoms with E-state index in [-0.39, 0.29) is 0 Å². The fourth-order valence-electron chi connectivity index (χ4n) is 3.22. The number of likely N-dealkylation sites (tertiary alicyclic amines) is 1. The molecular formula is C16H31NO. The predicted molar refractivity (Wildman–Crippen MR) is 77.4 cm³/mol. The summed E-state index contributed by atoms with van der Waals surface area (Å²) in [6.45, 7) is 15.9. The monoisotopic (exact) mass is 253 g/mol. The van der Waals surface area contributed by atoms with E-state index in [0.29, 0.717) is 22.7 Å². The van der Waals surface area contributed by atoms with E-state index < -0.39 is 0 Å². The summed E-state index contributed by atoms with van der Waals surface area (Å²) in [5, 5.41) is 0. The van der Waals surface area contributed by atoms with Crippen molar-refractivity contribution in [3.63, 3.8) is 0 Å². The first-order valence-electron chi connectivity index (χ1n) is 7.40. The average molecular weight is 253 g/mol. The lowest BCUT2D eigenvalue weighted by Crippen LogP contribution is -2.32. The smallest absolute Gasteiger partial charge is 0.222 e. The minimum Gasteiger partial charge on any atom is -0.343 e. The van der Waals surface area contributed by atoms with E-state index in [0.717, 1.165) is 32.4 Å². The second kappa shape index (κ2) is 5.63. The zero-order chi connectivity index (χ0) is 14.0. The van der Waals surface area contributed by atoms with Gasteiger partial charge in [0.25, 0.3) is 0 Å². The van der Waals surface area contributed by atoms with Crippen LogP contribution in [0.5, 0.6) is 0 Å². The van der Waals surface area contributed by atoms with Gasteiger partial charge in [-0.3, -0.25) is 4.79 Å². The Morgan fingerprint density at radius 3 is 2.28 bits per heavy atom. The highest BCUT2D eigenvalue weighted by Gasteiger charge is 2.31. The SMILES string of the molecule is CC(CCN1CCCC1=O)C(C)(C)CC(C)(C)C. The summed E-state index contributed by atoms with van der Waals surface area (Å²) in [4.78, 5) is 13.6. The molecule has 1 saturated heterocycles. The second-order valence-electron chi connectivity index (χ2n) is 7.90. The zero-order valence-electron chi connectivity index (χ0n) is 13.2. The van der Waals surface area contributed by atoms with Crippen LogP contribution in [-0.4, -0.2) is 23.9 Å². The van der Waals surface area contributed by atoms with Gasteiger partial charge in [-0.2, -0.15) is 0 Å². The van der Waals surface area contributed by atoms with Crippen LogP contribution in [0.2, 0.25) is 0 Å². The van der Waals surface area contributed by atoms with Crippen LogP contribution in [0.25, 0.3) is 0 Å². The number of nitrogens with zero attached hydrogens (tertiary/aromatic N) is 1. The van der Waals surface area contributed by atoms with Crippen LogP contribution < -0.4 is 0 Å². The summed E-state index contributed by atoms with van der Waals surface area (Å²) < 4.78 is 0. The first-order valence-corrected chi connectivity index (χ1v) is 7.40. The second-order valence-corrected chi connectivity index (χ2v) is 7.90. The largest absolute Gasteiger partial charge is 0.343 e. The summed E-state index contributed by atoms with van der Waals surface area (Å²) in [7, 11) is 0. The minimum absolute atomic E-state index is 0.348. The van der Waals surface area contributed by atoms with Gasteiger partial charge >= 0.3 is 0 Å². The molecule has 1 atom stereocenters. The van der Waals surface area contributed by atoms with Gasteiger partial charge in [0.2, 0.25) is 5.91 Å². The molecule has 0 saturated carbocycles. The molecule has 2 heteroatoms. The van der Waals surface area contributed by atoms with Crippen LogP contribution in [-0.2, 0) is 4.79 Å². The first-order chi connectivity index (χ1) is 8.12. The number of amides is 1. The Morgan fingerprint density at radius 2 is 1.83 bits per heavy atom. The maximum atomic E-state index is 11.6. The Bertz CT molecular complexity index is 288. The summed E-state index contributed by atoms with van der Waals surface area (Å²) >= 11 is 0. The van der Waals surface area contributed by atoms with Gasteiger partial charge < -0.3 is 4.90 Å². The van der Waals surface area contributed by atoms with Gasteiger partial charge in [-0.15, -0.1) is 0 Å². The van der Waals surface area contributed by atoms with Crippen molar-refractivity contribution >= 4 is 5.91 Å². The third kappa shape index (κ3) is 4.62. The van der Waals surface area contributed by atoms with E-state index in [9.17, 15) is 4.79 Å². The number of carbonyl (C=O) groups is 1. The summed E-state index contributed by atoms with van der Waals surface area (Å²) in [5.41, 5.74) is 0.724. The number of hydrogen-bond acceptors (Lipinski definition) is 1. The molecule has 0 radical (unpaired) electrons. The Morgan fingerprint density at radius 1 is 1.22 bits per heavy atom. The normalized spacial score (nSPS) is 19.4. The maximum absolute atomic E-state index is 11.6. The Balaban J connectivity index is 2.43. The molecule has 0 bridgehead atoms. The Labute approximate surface area is 113 Å². The van der Waals surface area contributed by atoms with Crippen molar-refractivity contribution in [1.29, 1.82) is 0 Å². The van der Waals surface area contributed by atoms with Crippen molar-refractivity contribution in [3.8, 4) is 0 Å². The summed E-state index contributed by atoms with van der Waals surface area (Å²) in [5.74, 6) is 1.01. The van der Waals surface area contributed by atoms with E-state index in [1.54, 1.807) is 0 Å². The molecule has 1 heterocycles. The molecular weight excluding hydrogens is 222 g/mol. The first kappa shape index (κ1) is 15.5. The van der Waals surface area contributed by atoms with Crippen molar-refractivity contribution in [3.05, 3.63) is 0 Å². The molecule has 1 aliphatic heterocycles. The standard InChI is InChI=1S/C16H31NO/c1-13(16(5,6)12-15(2,3)4)9-11-17-10-7-8-14(17)18/h13H,7-12H2,1-6H3. The van der Waals surface area contributed by atoms with E-state index in [2.05, 4.69) is 41.5 Å². The van der Waals surface area contributed by atoms with Crippen LogP contribution in [0, 0.1) is 16.7 Å². The third-order valence-electron chi connectivity index (χ3n) is 4.32. The van der Waals surface area contributed by atoms with Crippen molar-refractivity contribution in [2.24, 2.45) is 16.7 Å². The van der Waals surface area contributed by atoms with Crippen LogP contribution >= 0.6 is 0 Å². The molecule has 106 valence electrons. The van der Waals surface area contributed by atoms with Crippen LogP contribution in [0.4, 0.5) is 0 Å². The molecule has 1 fully saturated rings. The van der Waals surface area contributed by atoms with Crippen molar-refractivity contribution in [1.82, 2.24) is 4.90 Å². The highest BCUT2D eigenvalue weighted by Crippen LogP contribution is 2.40. The maximum Gasteiger partial charge on any atom is 0.222 e. The fourth-order valence-corrected chi connectivity index (χ4v) is 3.22. The molecule has 0 N–H and O–H groups in total. The van der Waals surface area contributed by atoms with Gasteiger partial charge in [0, 0.05) is 19.5 Å². The predicted octanol–water partition coefficient (Wildman–Crippen LogP) is 4.10. The molecule has 1 aliphatic rings. The Hall–Kier alpha value is -0.530. The van der Waals surface area contributed by atoms with Gasteiger partial charge in [0.05, 0.1) is 0 Å². The third-order valence-corrected chi connectivity index (χ3v) is 4.32. The highest BCUT2D eigenvalue weighted by molar-refractivity contribution is 5.77. The molecule has 1 amide bonds. The molecule has 2 nitrogen and oxygen atoms in total. The van der Waals surface area contributed by atoms with Gasteiger partial charge in [-0.25, -0.2) is 0 Å². The average Bonchev–Trinajstić information content (AvgIpc) is 2.56. The molecule has 0 aliphatic carbocycles. The molecule has 1 rings (SSSR count). The lowest BCUT2D eigenvalue weighted by atomic mass is 9.68. The summed E-state index contributed by atoms with van der Waals surface area (Å²) in [6.07, 6.45) is 4.18. The highest BCUT2D eigenvalue weighted by atomic mass is 16.2. The van der Waals surface area contributed by atoms with Crippen molar-refractivity contribution < 1.29 is 4.79 Å². The Kier molecular flexibility index (Phi) is 4.85. The van der Waals surface area contributed by atoms with E-state index >= 15 is 0 Å². The van der Waals surface area contributed by atoms with E-state index in [1.165, 1.54) is 6.42 Å². The van der Waals surface area contributed by atoms with Crippen molar-refractivity contribution in [2.45, 2.75) is 67.2 Å². The number of rotatable bonds is 5. The van der Waals surface area contributed by atoms with Gasteiger partial charge in [-0.1, -0.05) is 41.5 Å². The van der Waals surface area contributed by atoms with Crippen LogP contribution in [0.3, 0.4) is 0 Å². The van der Waals surface area contributed by atoms with E-state index in [4.69, 9.17) is 0 Å². The number of carbonyl (C=O) groups excluding carboxylic acids is 1. The molecule has 18 heavy (non-hydrogen) atoms. The van der Waals surface area contributed by atoms with Gasteiger partial charge in [0.15, 0.2) is 0 Å². The topological polar surface area (TPSA) is 20.3 Å². The number of hydrogen-bond donors (Lipinski definition) is 0. The fraction of sp³-hybridized carbons (Fsp3) is 0.938.